The monoisotopic (exact) mass is 687 g/mol. The van der Waals surface area contributed by atoms with Crippen molar-refractivity contribution in [2.75, 3.05) is 5.32 Å². The van der Waals surface area contributed by atoms with Crippen molar-refractivity contribution < 1.29 is 22.4 Å². The molecule has 1 aliphatic heterocycles. The first kappa shape index (κ1) is 29.3. The summed E-state index contributed by atoms with van der Waals surface area (Å²) < 4.78 is 59.3. The van der Waals surface area contributed by atoms with Crippen molar-refractivity contribution >= 4 is 57.4 Å². The molecule has 4 atom stereocenters. The second-order valence-electron chi connectivity index (χ2n) is 9.33. The summed E-state index contributed by atoms with van der Waals surface area (Å²) in [7, 11) is 0. The fourth-order valence-corrected chi connectivity index (χ4v) is 5.79. The molecule has 2 N–H and O–H groups in total. The minimum Gasteiger partial charge on any atom is -0.325 e. The van der Waals surface area contributed by atoms with Gasteiger partial charge in [-0.05, 0) is 71.8 Å². The number of carbonyl (C=O) groups is 1. The molecule has 11 heteroatoms. The molecule has 202 valence electrons. The maximum absolute atomic E-state index is 15.6. The Morgan fingerprint density at radius 3 is 2.38 bits per heavy atom. The first-order valence-corrected chi connectivity index (χ1v) is 13.4. The summed E-state index contributed by atoms with van der Waals surface area (Å²) >= 11 is 13.6. The lowest BCUT2D eigenvalue weighted by molar-refractivity contribution is -0.118. The molecule has 0 saturated carbocycles. The predicted octanol–water partition coefficient (Wildman–Crippen LogP) is 7.64. The van der Waals surface area contributed by atoms with Crippen LogP contribution in [0.4, 0.5) is 23.2 Å². The van der Waals surface area contributed by atoms with Gasteiger partial charge in [-0.2, -0.15) is 5.26 Å². The third-order valence-corrected chi connectivity index (χ3v) is 8.28. The van der Waals surface area contributed by atoms with E-state index in [9.17, 15) is 18.8 Å². The van der Waals surface area contributed by atoms with Gasteiger partial charge in [-0.25, -0.2) is 17.6 Å². The van der Waals surface area contributed by atoms with Gasteiger partial charge in [0.1, 0.15) is 28.7 Å². The molecule has 0 aromatic heterocycles. The van der Waals surface area contributed by atoms with Crippen LogP contribution in [0.2, 0.25) is 10.0 Å². The van der Waals surface area contributed by atoms with Gasteiger partial charge < -0.3 is 10.6 Å². The van der Waals surface area contributed by atoms with Crippen LogP contribution in [-0.4, -0.2) is 18.0 Å². The third kappa shape index (κ3) is 5.40. The molecule has 3 aromatic rings. The third-order valence-electron chi connectivity index (χ3n) is 6.72. The molecule has 0 radical (unpaired) electrons. The van der Waals surface area contributed by atoms with Crippen LogP contribution < -0.4 is 10.6 Å². The van der Waals surface area contributed by atoms with E-state index < -0.39 is 52.6 Å². The minimum atomic E-state index is -1.86. The molecule has 4 nitrogen and oxygen atoms in total. The molecule has 1 fully saturated rings. The zero-order valence-electron chi connectivity index (χ0n) is 20.3. The summed E-state index contributed by atoms with van der Waals surface area (Å²) in [5, 5.41) is 16.1. The first-order valence-electron chi connectivity index (χ1n) is 11.6. The number of anilines is 1. The second-order valence-corrected chi connectivity index (χ2v) is 11.2. The maximum Gasteiger partial charge on any atom is 0.242 e. The van der Waals surface area contributed by atoms with E-state index in [2.05, 4.69) is 23.3 Å². The van der Waals surface area contributed by atoms with E-state index in [-0.39, 0.29) is 36.9 Å². The van der Waals surface area contributed by atoms with Crippen LogP contribution in [0.15, 0.2) is 60.7 Å². The molecule has 1 amide bonds. The largest absolute Gasteiger partial charge is 0.325 e. The van der Waals surface area contributed by atoms with Gasteiger partial charge in [-0.1, -0.05) is 47.0 Å². The number of amides is 1. The number of carbonyl (C=O) groups excluding carboxylic acids is 1. The van der Waals surface area contributed by atoms with Gasteiger partial charge in [0.05, 0.1) is 20.7 Å². The zero-order valence-corrected chi connectivity index (χ0v) is 23.9. The number of benzene rings is 3. The van der Waals surface area contributed by atoms with Gasteiger partial charge in [0.25, 0.3) is 0 Å². The summed E-state index contributed by atoms with van der Waals surface area (Å²) in [5.74, 6) is -5.65. The van der Waals surface area contributed by atoms with E-state index >= 15 is 8.78 Å². The summed E-state index contributed by atoms with van der Waals surface area (Å²) in [6, 6.07) is 9.64. The zero-order chi connectivity index (χ0) is 28.6. The Kier molecular flexibility index (Phi) is 8.61. The Bertz CT molecular complexity index is 1510. The van der Waals surface area contributed by atoms with Crippen LogP contribution in [0, 0.1) is 38.2 Å². The van der Waals surface area contributed by atoms with Crippen molar-refractivity contribution in [2.45, 2.75) is 36.8 Å². The minimum absolute atomic E-state index is 0.0780. The lowest BCUT2D eigenvalue weighted by atomic mass is 9.64. The molecule has 1 aliphatic rings. The van der Waals surface area contributed by atoms with Crippen molar-refractivity contribution in [3.63, 3.8) is 0 Å². The number of nitrogens with zero attached hydrogens (tertiary/aromatic N) is 1. The molecule has 39 heavy (non-hydrogen) atoms. The highest BCUT2D eigenvalue weighted by atomic mass is 127. The van der Waals surface area contributed by atoms with E-state index in [4.69, 9.17) is 23.2 Å². The van der Waals surface area contributed by atoms with E-state index in [0.717, 1.165) is 18.2 Å². The number of nitriles is 1. The first-order chi connectivity index (χ1) is 18.4. The van der Waals surface area contributed by atoms with Gasteiger partial charge >= 0.3 is 0 Å². The summed E-state index contributed by atoms with van der Waals surface area (Å²) in [6.45, 7) is 5.60. The molecule has 1 saturated heterocycles. The highest BCUT2D eigenvalue weighted by molar-refractivity contribution is 14.1. The lowest BCUT2D eigenvalue weighted by Gasteiger charge is -2.35. The molecule has 0 unspecified atom stereocenters. The fourth-order valence-electron chi connectivity index (χ4n) is 5.14. The van der Waals surface area contributed by atoms with E-state index in [1.165, 1.54) is 52.9 Å². The average molecular weight is 688 g/mol. The standard InChI is InChI=1S/C28H20Cl2F4IN3O/c1-13(2)8-22-28(12-36,17-7-6-14(29)9-19(17)31)23(16-4-3-5-18(30)24(16)34)26(38-22)27(39)37-15-10-20(32)25(35)21(33)11-15/h3-7,9-11,22-23,26,38H,1,8H2,2H3,(H,37,39)/t22-,23-,26+,28-/m0/s1. The number of hydrogen-bond acceptors (Lipinski definition) is 3. The summed E-state index contributed by atoms with van der Waals surface area (Å²) in [6.07, 6.45) is 0.116. The molecule has 0 spiro atoms. The molecule has 0 bridgehead atoms. The van der Waals surface area contributed by atoms with Crippen LogP contribution in [0.5, 0.6) is 0 Å². The lowest BCUT2D eigenvalue weighted by Crippen LogP contribution is -2.43. The van der Waals surface area contributed by atoms with Crippen LogP contribution >= 0.6 is 45.8 Å². The molecular weight excluding hydrogens is 668 g/mol. The highest BCUT2D eigenvalue weighted by Gasteiger charge is 2.60. The molecule has 0 aliphatic carbocycles. The van der Waals surface area contributed by atoms with Crippen LogP contribution in [0.25, 0.3) is 0 Å². The van der Waals surface area contributed by atoms with Gasteiger partial charge in [0.2, 0.25) is 5.91 Å². The highest BCUT2D eigenvalue weighted by Crippen LogP contribution is 2.52. The topological polar surface area (TPSA) is 64.9 Å². The Morgan fingerprint density at radius 2 is 1.79 bits per heavy atom. The Labute approximate surface area is 246 Å². The smallest absolute Gasteiger partial charge is 0.242 e. The molecule has 1 heterocycles. The summed E-state index contributed by atoms with van der Waals surface area (Å²) in [5.41, 5.74) is -1.67. The van der Waals surface area contributed by atoms with Crippen LogP contribution in [0.3, 0.4) is 0 Å². The van der Waals surface area contributed by atoms with Gasteiger partial charge in [-0.3, -0.25) is 4.79 Å². The van der Waals surface area contributed by atoms with Crippen LogP contribution in [0.1, 0.15) is 30.4 Å². The SMILES string of the molecule is C=C(C)C[C@@H]1N[C@@H](C(=O)Nc2cc(F)c(I)c(F)c2)[C@H](c2cccc(Cl)c2F)[C@@]1(C#N)c1ccc(Cl)cc1F. The maximum atomic E-state index is 15.6. The number of hydrogen-bond donors (Lipinski definition) is 2. The Hall–Kier alpha value is -2.65. The van der Waals surface area contributed by atoms with Crippen LogP contribution in [-0.2, 0) is 10.2 Å². The molecule has 4 rings (SSSR count). The number of nitrogens with one attached hydrogen (secondary N) is 2. The van der Waals surface area contributed by atoms with Crippen molar-refractivity contribution in [2.24, 2.45) is 0 Å². The van der Waals surface area contributed by atoms with E-state index in [0.29, 0.717) is 5.57 Å². The van der Waals surface area contributed by atoms with Crippen molar-refractivity contribution in [1.29, 1.82) is 5.26 Å². The molecular formula is C28H20Cl2F4IN3O. The van der Waals surface area contributed by atoms with E-state index in [1.807, 2.05) is 0 Å². The Morgan fingerprint density at radius 1 is 1.13 bits per heavy atom. The quantitative estimate of drug-likeness (QED) is 0.121. The fraction of sp³-hybridized carbons (Fsp3) is 0.214. The number of halogens is 7. The Balaban J connectivity index is 1.95. The van der Waals surface area contributed by atoms with Crippen molar-refractivity contribution in [1.82, 2.24) is 5.32 Å². The normalized spacial score (nSPS) is 22.4. The average Bonchev–Trinajstić information content (AvgIpc) is 3.18. The van der Waals surface area contributed by atoms with Crippen molar-refractivity contribution in [3.8, 4) is 6.07 Å². The predicted molar refractivity (Wildman–Crippen MR) is 151 cm³/mol. The van der Waals surface area contributed by atoms with Gasteiger partial charge in [-0.15, -0.1) is 6.58 Å². The number of rotatable bonds is 6. The van der Waals surface area contributed by atoms with Gasteiger partial charge in [0.15, 0.2) is 0 Å². The molecule has 3 aromatic carbocycles. The van der Waals surface area contributed by atoms with Gasteiger partial charge in [0, 0.05) is 28.2 Å². The van der Waals surface area contributed by atoms with Crippen molar-refractivity contribution in [3.05, 3.63) is 109 Å². The van der Waals surface area contributed by atoms with E-state index in [1.54, 1.807) is 6.92 Å². The summed E-state index contributed by atoms with van der Waals surface area (Å²) in [4.78, 5) is 13.7. The second kappa shape index (κ2) is 11.5.